The van der Waals surface area contributed by atoms with Gasteiger partial charge in [0.15, 0.2) is 5.76 Å². The number of piperidine rings is 1. The number of hydrogen-bond donors (Lipinski definition) is 1. The monoisotopic (exact) mass is 434 g/mol. The third-order valence-electron chi connectivity index (χ3n) is 5.70. The van der Waals surface area contributed by atoms with Crippen molar-refractivity contribution in [3.05, 3.63) is 53.9 Å². The summed E-state index contributed by atoms with van der Waals surface area (Å²) in [4.78, 5) is 18.8. The van der Waals surface area contributed by atoms with Crippen molar-refractivity contribution in [2.24, 2.45) is 5.92 Å². The molecule has 1 N–H and O–H groups in total. The number of carbonyl (C=O) groups is 1. The molecule has 8 nitrogen and oxygen atoms in total. The number of carbonyl (C=O) groups excluding carboxylic acids is 1. The van der Waals surface area contributed by atoms with Crippen LogP contribution in [0.4, 0.5) is 5.88 Å². The van der Waals surface area contributed by atoms with Crippen LogP contribution in [-0.4, -0.2) is 37.6 Å². The molecule has 0 bridgehead atoms. The molecule has 32 heavy (non-hydrogen) atoms. The zero-order valence-electron chi connectivity index (χ0n) is 18.0. The number of oxazole rings is 1. The molecule has 0 unspecified atom stereocenters. The summed E-state index contributed by atoms with van der Waals surface area (Å²) in [5.41, 5.74) is 1.46. The Morgan fingerprint density at radius 2 is 2.06 bits per heavy atom. The number of hydrogen-bond acceptors (Lipinski definition) is 7. The van der Waals surface area contributed by atoms with Gasteiger partial charge in [-0.25, -0.2) is 0 Å². The highest BCUT2D eigenvalue weighted by Gasteiger charge is 2.29. The van der Waals surface area contributed by atoms with Crippen molar-refractivity contribution in [2.75, 3.05) is 31.6 Å². The average Bonchev–Trinajstić information content (AvgIpc) is 3.52. The number of furan rings is 1. The molecule has 1 amide bonds. The predicted molar refractivity (Wildman–Crippen MR) is 118 cm³/mol. The fourth-order valence-electron chi connectivity index (χ4n) is 3.89. The van der Waals surface area contributed by atoms with Crippen LogP contribution in [0.25, 0.3) is 11.7 Å². The van der Waals surface area contributed by atoms with E-state index in [9.17, 15) is 10.1 Å². The Labute approximate surface area is 186 Å². The molecule has 1 aliphatic rings. The SMILES string of the molecule is COc1ccc(CCCNC(=O)C2CCN(c3oc(-c4ccco4)nc3C#N)CC2)cc1. The molecule has 0 saturated carbocycles. The van der Waals surface area contributed by atoms with Crippen molar-refractivity contribution in [1.82, 2.24) is 10.3 Å². The maximum Gasteiger partial charge on any atom is 0.266 e. The molecule has 166 valence electrons. The molecule has 3 heterocycles. The molecule has 2 aromatic heterocycles. The Hall–Kier alpha value is -3.73. The van der Waals surface area contributed by atoms with E-state index in [-0.39, 0.29) is 17.5 Å². The van der Waals surface area contributed by atoms with Gasteiger partial charge < -0.3 is 23.8 Å². The molecular formula is C24H26N4O4. The normalized spacial score (nSPS) is 14.2. The summed E-state index contributed by atoms with van der Waals surface area (Å²) in [6.45, 7) is 1.91. The lowest BCUT2D eigenvalue weighted by atomic mass is 9.96. The van der Waals surface area contributed by atoms with Crippen molar-refractivity contribution in [1.29, 1.82) is 5.26 Å². The van der Waals surface area contributed by atoms with Gasteiger partial charge in [-0.15, -0.1) is 0 Å². The summed E-state index contributed by atoms with van der Waals surface area (Å²) in [6, 6.07) is 13.6. The van der Waals surface area contributed by atoms with Crippen LogP contribution in [0.3, 0.4) is 0 Å². The Morgan fingerprint density at radius 1 is 1.28 bits per heavy atom. The highest BCUT2D eigenvalue weighted by Crippen LogP contribution is 2.31. The number of nitrogens with one attached hydrogen (secondary N) is 1. The van der Waals surface area contributed by atoms with Crippen molar-refractivity contribution in [2.45, 2.75) is 25.7 Å². The maximum atomic E-state index is 12.6. The zero-order chi connectivity index (χ0) is 22.3. The summed E-state index contributed by atoms with van der Waals surface area (Å²) >= 11 is 0. The van der Waals surface area contributed by atoms with E-state index in [1.807, 2.05) is 29.2 Å². The van der Waals surface area contributed by atoms with Crippen LogP contribution in [0.1, 0.15) is 30.5 Å². The van der Waals surface area contributed by atoms with Gasteiger partial charge in [-0.2, -0.15) is 10.2 Å². The number of benzene rings is 1. The highest BCUT2D eigenvalue weighted by molar-refractivity contribution is 5.79. The Balaban J connectivity index is 1.24. The summed E-state index contributed by atoms with van der Waals surface area (Å²) in [5.74, 6) is 2.11. The average molecular weight is 434 g/mol. The molecule has 1 aliphatic heterocycles. The van der Waals surface area contributed by atoms with Crippen LogP contribution in [0, 0.1) is 17.2 Å². The van der Waals surface area contributed by atoms with Gasteiger partial charge in [0.25, 0.3) is 5.89 Å². The molecule has 8 heteroatoms. The van der Waals surface area contributed by atoms with Gasteiger partial charge >= 0.3 is 0 Å². The summed E-state index contributed by atoms with van der Waals surface area (Å²) in [7, 11) is 1.65. The van der Waals surface area contributed by atoms with Crippen LogP contribution in [0.15, 0.2) is 51.5 Å². The third-order valence-corrected chi connectivity index (χ3v) is 5.70. The van der Waals surface area contributed by atoms with Crippen molar-refractivity contribution in [3.8, 4) is 23.5 Å². The quantitative estimate of drug-likeness (QED) is 0.538. The lowest BCUT2D eigenvalue weighted by Gasteiger charge is -2.30. The molecule has 3 aromatic rings. The summed E-state index contributed by atoms with van der Waals surface area (Å²) in [5, 5.41) is 12.5. The Bertz CT molecular complexity index is 1060. The molecule has 1 fully saturated rings. The molecular weight excluding hydrogens is 408 g/mol. The molecule has 0 aliphatic carbocycles. The standard InChI is InChI=1S/C24H26N4O4/c1-30-19-8-6-17(7-9-19)4-2-12-26-22(29)18-10-13-28(14-11-18)24-20(16-25)27-23(32-24)21-5-3-15-31-21/h3,5-9,15,18H,2,4,10-14H2,1H3,(H,26,29). The second-order valence-corrected chi connectivity index (χ2v) is 7.77. The van der Waals surface area contributed by atoms with Crippen LogP contribution < -0.4 is 15.0 Å². The number of aromatic nitrogens is 1. The first-order valence-corrected chi connectivity index (χ1v) is 10.8. The van der Waals surface area contributed by atoms with Crippen LogP contribution in [0.5, 0.6) is 5.75 Å². The second-order valence-electron chi connectivity index (χ2n) is 7.77. The summed E-state index contributed by atoms with van der Waals surface area (Å²) < 4.78 is 16.3. The van der Waals surface area contributed by atoms with Crippen LogP contribution in [-0.2, 0) is 11.2 Å². The molecule has 0 atom stereocenters. The van der Waals surface area contributed by atoms with Gasteiger partial charge in [-0.3, -0.25) is 4.79 Å². The van der Waals surface area contributed by atoms with Crippen LogP contribution >= 0.6 is 0 Å². The molecule has 4 rings (SSSR count). The van der Waals surface area contributed by atoms with E-state index in [0.29, 0.717) is 50.0 Å². The second kappa shape index (κ2) is 10.1. The van der Waals surface area contributed by atoms with Crippen molar-refractivity contribution < 1.29 is 18.4 Å². The van der Waals surface area contributed by atoms with Crippen molar-refractivity contribution >= 4 is 11.8 Å². The van der Waals surface area contributed by atoms with Gasteiger partial charge in [0, 0.05) is 25.6 Å². The Morgan fingerprint density at radius 3 is 2.72 bits per heavy atom. The minimum Gasteiger partial charge on any atom is -0.497 e. The number of aryl methyl sites for hydroxylation is 1. The lowest BCUT2D eigenvalue weighted by molar-refractivity contribution is -0.125. The number of ether oxygens (including phenoxy) is 1. The Kier molecular flexibility index (Phi) is 6.75. The van der Waals surface area contributed by atoms with E-state index in [1.54, 1.807) is 19.2 Å². The summed E-state index contributed by atoms with van der Waals surface area (Å²) in [6.07, 6.45) is 4.73. The van der Waals surface area contributed by atoms with Gasteiger partial charge in [-0.05, 0) is 55.5 Å². The molecule has 0 radical (unpaired) electrons. The van der Waals surface area contributed by atoms with E-state index in [1.165, 1.54) is 11.8 Å². The van der Waals surface area contributed by atoms with E-state index in [4.69, 9.17) is 13.6 Å². The highest BCUT2D eigenvalue weighted by atomic mass is 16.5. The first-order valence-electron chi connectivity index (χ1n) is 10.8. The lowest BCUT2D eigenvalue weighted by Crippen LogP contribution is -2.41. The number of rotatable bonds is 8. The number of anilines is 1. The molecule has 1 aromatic carbocycles. The number of methoxy groups -OCH3 is 1. The predicted octanol–water partition coefficient (Wildman–Crippen LogP) is 3.78. The van der Waals surface area contributed by atoms with Gasteiger partial charge in [-0.1, -0.05) is 12.1 Å². The van der Waals surface area contributed by atoms with Gasteiger partial charge in [0.05, 0.1) is 13.4 Å². The number of amides is 1. The van der Waals surface area contributed by atoms with E-state index in [0.717, 1.165) is 18.6 Å². The van der Waals surface area contributed by atoms with Crippen molar-refractivity contribution in [3.63, 3.8) is 0 Å². The first kappa shape index (κ1) is 21.5. The third kappa shape index (κ3) is 4.94. The van der Waals surface area contributed by atoms with E-state index in [2.05, 4.69) is 16.4 Å². The fourth-order valence-corrected chi connectivity index (χ4v) is 3.89. The fraction of sp³-hybridized carbons (Fsp3) is 0.375. The zero-order valence-corrected chi connectivity index (χ0v) is 18.0. The minimum absolute atomic E-state index is 0.0368. The maximum absolute atomic E-state index is 12.6. The van der Waals surface area contributed by atoms with E-state index >= 15 is 0 Å². The minimum atomic E-state index is -0.0368. The number of nitriles is 1. The van der Waals surface area contributed by atoms with Crippen LogP contribution in [0.2, 0.25) is 0 Å². The topological polar surface area (TPSA) is 105 Å². The van der Waals surface area contributed by atoms with Gasteiger partial charge in [0.2, 0.25) is 17.5 Å². The van der Waals surface area contributed by atoms with E-state index < -0.39 is 0 Å². The smallest absolute Gasteiger partial charge is 0.266 e. The largest absolute Gasteiger partial charge is 0.497 e. The number of nitrogens with zero attached hydrogens (tertiary/aromatic N) is 3. The van der Waals surface area contributed by atoms with Gasteiger partial charge in [0.1, 0.15) is 11.8 Å². The molecule has 1 saturated heterocycles. The molecule has 0 spiro atoms. The first-order chi connectivity index (χ1) is 15.7.